The van der Waals surface area contributed by atoms with Crippen molar-refractivity contribution in [3.63, 3.8) is 0 Å². The summed E-state index contributed by atoms with van der Waals surface area (Å²) < 4.78 is 0. The van der Waals surface area contributed by atoms with Gasteiger partial charge in [-0.2, -0.15) is 0 Å². The summed E-state index contributed by atoms with van der Waals surface area (Å²) in [4.78, 5) is 11.5. The number of nitrogens with one attached hydrogen (secondary N) is 1. The molecule has 0 aliphatic carbocycles. The van der Waals surface area contributed by atoms with Crippen LogP contribution in [0.1, 0.15) is 32.6 Å². The van der Waals surface area contributed by atoms with Gasteiger partial charge in [0.05, 0.1) is 6.04 Å². The van der Waals surface area contributed by atoms with E-state index in [-0.39, 0.29) is 6.04 Å². The van der Waals surface area contributed by atoms with E-state index in [1.165, 1.54) is 12.8 Å². The van der Waals surface area contributed by atoms with Crippen LogP contribution >= 0.6 is 0 Å². The molecule has 1 atom stereocenters. The lowest BCUT2D eigenvalue weighted by Crippen LogP contribution is -2.40. The lowest BCUT2D eigenvalue weighted by atomic mass is 9.98. The van der Waals surface area contributed by atoms with Gasteiger partial charge in [0.1, 0.15) is 0 Å². The molecule has 0 radical (unpaired) electrons. The molecule has 1 rings (SSSR count). The maximum absolute atomic E-state index is 11.5. The highest BCUT2D eigenvalue weighted by Gasteiger charge is 2.19. The number of piperidine rings is 1. The quantitative estimate of drug-likeness (QED) is 0.648. The summed E-state index contributed by atoms with van der Waals surface area (Å²) in [6.07, 6.45) is 3.93. The second-order valence-corrected chi connectivity index (χ2v) is 3.60. The zero-order valence-electron chi connectivity index (χ0n) is 7.73. The summed E-state index contributed by atoms with van der Waals surface area (Å²) in [5.41, 5.74) is 0.965. The molecule has 0 aromatic carbocycles. The summed E-state index contributed by atoms with van der Waals surface area (Å²) in [5, 5.41) is 3.23. The van der Waals surface area contributed by atoms with Crippen molar-refractivity contribution in [1.82, 2.24) is 5.32 Å². The second-order valence-electron chi connectivity index (χ2n) is 3.60. The van der Waals surface area contributed by atoms with E-state index in [9.17, 15) is 4.79 Å². The maximum Gasteiger partial charge on any atom is 0.153 e. The average Bonchev–Trinajstić information content (AvgIpc) is 2.05. The minimum Gasteiger partial charge on any atom is -0.307 e. The third-order valence-electron chi connectivity index (χ3n) is 2.17. The first-order chi connectivity index (χ1) is 5.70. The van der Waals surface area contributed by atoms with Gasteiger partial charge in [0, 0.05) is 6.42 Å². The number of hydrogen-bond acceptors (Lipinski definition) is 2. The van der Waals surface area contributed by atoms with Crippen LogP contribution in [0.25, 0.3) is 0 Å². The largest absolute Gasteiger partial charge is 0.307 e. The third-order valence-corrected chi connectivity index (χ3v) is 2.17. The van der Waals surface area contributed by atoms with Gasteiger partial charge in [-0.1, -0.05) is 18.6 Å². The highest BCUT2D eigenvalue weighted by molar-refractivity contribution is 5.85. The number of carbonyl (C=O) groups excluding carboxylic acids is 1. The van der Waals surface area contributed by atoms with E-state index in [1.807, 2.05) is 6.92 Å². The molecule has 0 spiro atoms. The molecule has 0 saturated carbocycles. The Bertz CT molecular complexity index is 180. The number of rotatable bonds is 3. The predicted molar refractivity (Wildman–Crippen MR) is 50.1 cm³/mol. The van der Waals surface area contributed by atoms with E-state index in [1.54, 1.807) is 0 Å². The lowest BCUT2D eigenvalue weighted by Gasteiger charge is -2.22. The zero-order chi connectivity index (χ0) is 8.97. The summed E-state index contributed by atoms with van der Waals surface area (Å²) in [6, 6.07) is 0.107. The fourth-order valence-electron chi connectivity index (χ4n) is 1.55. The van der Waals surface area contributed by atoms with Crippen LogP contribution in [0.5, 0.6) is 0 Å². The number of allylic oxidation sites excluding steroid dienone is 1. The fourth-order valence-corrected chi connectivity index (χ4v) is 1.55. The first-order valence-corrected chi connectivity index (χ1v) is 4.60. The van der Waals surface area contributed by atoms with E-state index >= 15 is 0 Å². The predicted octanol–water partition coefficient (Wildman–Crippen LogP) is 1.66. The van der Waals surface area contributed by atoms with Crippen molar-refractivity contribution in [2.75, 3.05) is 6.54 Å². The summed E-state index contributed by atoms with van der Waals surface area (Å²) in [7, 11) is 0. The molecule has 68 valence electrons. The van der Waals surface area contributed by atoms with Gasteiger partial charge in [-0.25, -0.2) is 0 Å². The van der Waals surface area contributed by atoms with Crippen LogP contribution in [-0.4, -0.2) is 18.4 Å². The highest BCUT2D eigenvalue weighted by atomic mass is 16.1. The summed E-state index contributed by atoms with van der Waals surface area (Å²) >= 11 is 0. The van der Waals surface area contributed by atoms with Crippen LogP contribution in [0, 0.1) is 0 Å². The maximum atomic E-state index is 11.5. The molecular weight excluding hydrogens is 150 g/mol. The Kier molecular flexibility index (Phi) is 3.48. The first-order valence-electron chi connectivity index (χ1n) is 4.60. The summed E-state index contributed by atoms with van der Waals surface area (Å²) in [5.74, 6) is 0.308. The van der Waals surface area contributed by atoms with E-state index in [2.05, 4.69) is 11.9 Å². The number of ketones is 1. The number of carbonyl (C=O) groups is 1. The number of hydrogen-bond donors (Lipinski definition) is 1. The van der Waals surface area contributed by atoms with Crippen LogP contribution < -0.4 is 5.32 Å². The van der Waals surface area contributed by atoms with Crippen LogP contribution in [0.15, 0.2) is 12.2 Å². The fraction of sp³-hybridized carbons (Fsp3) is 0.700. The Morgan fingerprint density at radius 2 is 2.33 bits per heavy atom. The molecule has 1 N–H and O–H groups in total. The van der Waals surface area contributed by atoms with Crippen LogP contribution in [0.3, 0.4) is 0 Å². The zero-order valence-corrected chi connectivity index (χ0v) is 7.73. The molecule has 1 saturated heterocycles. The Morgan fingerprint density at radius 1 is 1.58 bits per heavy atom. The van der Waals surface area contributed by atoms with Gasteiger partial charge < -0.3 is 5.32 Å². The monoisotopic (exact) mass is 167 g/mol. The van der Waals surface area contributed by atoms with Gasteiger partial charge >= 0.3 is 0 Å². The van der Waals surface area contributed by atoms with Gasteiger partial charge in [0.25, 0.3) is 0 Å². The van der Waals surface area contributed by atoms with Crippen LogP contribution in [0.4, 0.5) is 0 Å². The van der Waals surface area contributed by atoms with Crippen molar-refractivity contribution >= 4 is 5.78 Å². The van der Waals surface area contributed by atoms with Gasteiger partial charge in [0.2, 0.25) is 0 Å². The minimum atomic E-state index is 0.107. The molecule has 2 nitrogen and oxygen atoms in total. The molecule has 1 heterocycles. The average molecular weight is 167 g/mol. The molecule has 0 aromatic rings. The Labute approximate surface area is 74.0 Å². The SMILES string of the molecule is C=C(C)CC(=O)C1CCCCN1. The molecular formula is C10H17NO. The van der Waals surface area contributed by atoms with Crippen LogP contribution in [-0.2, 0) is 4.79 Å². The minimum absolute atomic E-state index is 0.107. The van der Waals surface area contributed by atoms with Crippen molar-refractivity contribution < 1.29 is 4.79 Å². The van der Waals surface area contributed by atoms with Gasteiger partial charge in [-0.05, 0) is 26.3 Å². The molecule has 1 fully saturated rings. The van der Waals surface area contributed by atoms with Gasteiger partial charge in [-0.15, -0.1) is 0 Å². The van der Waals surface area contributed by atoms with Crippen molar-refractivity contribution in [1.29, 1.82) is 0 Å². The molecule has 0 bridgehead atoms. The molecule has 1 unspecified atom stereocenters. The normalized spacial score (nSPS) is 23.6. The highest BCUT2D eigenvalue weighted by Crippen LogP contribution is 2.11. The van der Waals surface area contributed by atoms with Crippen molar-refractivity contribution in [3.8, 4) is 0 Å². The molecule has 1 aliphatic rings. The molecule has 12 heavy (non-hydrogen) atoms. The van der Waals surface area contributed by atoms with E-state index in [4.69, 9.17) is 0 Å². The smallest absolute Gasteiger partial charge is 0.153 e. The van der Waals surface area contributed by atoms with Crippen molar-refractivity contribution in [2.24, 2.45) is 0 Å². The molecule has 0 aromatic heterocycles. The molecule has 2 heteroatoms. The van der Waals surface area contributed by atoms with Crippen molar-refractivity contribution in [2.45, 2.75) is 38.6 Å². The Morgan fingerprint density at radius 3 is 2.83 bits per heavy atom. The van der Waals surface area contributed by atoms with E-state index in [0.717, 1.165) is 18.5 Å². The van der Waals surface area contributed by atoms with Gasteiger partial charge in [0.15, 0.2) is 5.78 Å². The second kappa shape index (κ2) is 4.41. The van der Waals surface area contributed by atoms with Crippen LogP contribution in [0.2, 0.25) is 0 Å². The van der Waals surface area contributed by atoms with Crippen molar-refractivity contribution in [3.05, 3.63) is 12.2 Å². The Hall–Kier alpha value is -0.630. The Balaban J connectivity index is 2.34. The first kappa shape index (κ1) is 9.46. The molecule has 1 aliphatic heterocycles. The summed E-state index contributed by atoms with van der Waals surface area (Å²) in [6.45, 7) is 6.64. The van der Waals surface area contributed by atoms with Gasteiger partial charge in [-0.3, -0.25) is 4.79 Å². The lowest BCUT2D eigenvalue weighted by molar-refractivity contribution is -0.120. The van der Waals surface area contributed by atoms with E-state index < -0.39 is 0 Å². The topological polar surface area (TPSA) is 29.1 Å². The standard InChI is InChI=1S/C10H17NO/c1-8(2)7-10(12)9-5-3-4-6-11-9/h9,11H,1,3-7H2,2H3. The number of Topliss-reactive ketones (excluding diaryl/α,β-unsaturated/α-hetero) is 1. The third kappa shape index (κ3) is 2.78. The van der Waals surface area contributed by atoms with E-state index in [0.29, 0.717) is 12.2 Å². The molecule has 0 amide bonds.